The van der Waals surface area contributed by atoms with Gasteiger partial charge < -0.3 is 5.11 Å². The van der Waals surface area contributed by atoms with Gasteiger partial charge in [-0.15, -0.1) is 0 Å². The van der Waals surface area contributed by atoms with Crippen molar-refractivity contribution in [2.45, 2.75) is 6.42 Å². The van der Waals surface area contributed by atoms with Gasteiger partial charge in [-0.1, -0.05) is 29.8 Å². The lowest BCUT2D eigenvalue weighted by Gasteiger charge is -2.08. The lowest BCUT2D eigenvalue weighted by Crippen LogP contribution is -2.02. The third-order valence-corrected chi connectivity index (χ3v) is 2.78. The van der Waals surface area contributed by atoms with E-state index in [1.807, 2.05) is 0 Å². The maximum Gasteiger partial charge on any atom is 0.307 e. The van der Waals surface area contributed by atoms with Crippen molar-refractivity contribution in [2.24, 2.45) is 0 Å². The number of hydrogen-bond acceptors (Lipinski definition) is 1. The van der Waals surface area contributed by atoms with Gasteiger partial charge in [0.05, 0.1) is 6.42 Å². The zero-order valence-corrected chi connectivity index (χ0v) is 10.1. The number of aliphatic carboxylic acids is 1. The topological polar surface area (TPSA) is 37.3 Å². The average Bonchev–Trinajstić information content (AvgIpc) is 2.31. The van der Waals surface area contributed by atoms with Gasteiger partial charge in [0.15, 0.2) is 0 Å². The molecule has 0 saturated heterocycles. The third kappa shape index (κ3) is 2.87. The fourth-order valence-electron chi connectivity index (χ4n) is 1.79. The Kier molecular flexibility index (Phi) is 3.63. The molecule has 0 heterocycles. The monoisotopic (exact) mass is 264 g/mol. The Morgan fingerprint density at radius 1 is 1.22 bits per heavy atom. The van der Waals surface area contributed by atoms with Crippen LogP contribution < -0.4 is 0 Å². The maximum absolute atomic E-state index is 13.3. The van der Waals surface area contributed by atoms with Crippen molar-refractivity contribution in [2.75, 3.05) is 0 Å². The first-order valence-electron chi connectivity index (χ1n) is 5.32. The summed E-state index contributed by atoms with van der Waals surface area (Å²) in [6, 6.07) is 11.0. The molecule has 0 aliphatic carbocycles. The minimum atomic E-state index is -0.954. The van der Waals surface area contributed by atoms with Crippen molar-refractivity contribution in [3.8, 4) is 11.1 Å². The Morgan fingerprint density at radius 2 is 2.00 bits per heavy atom. The van der Waals surface area contributed by atoms with Crippen molar-refractivity contribution in [1.82, 2.24) is 0 Å². The second kappa shape index (κ2) is 5.19. The van der Waals surface area contributed by atoms with E-state index in [0.29, 0.717) is 21.7 Å². The van der Waals surface area contributed by atoms with Gasteiger partial charge in [0.1, 0.15) is 5.82 Å². The van der Waals surface area contributed by atoms with Crippen LogP contribution in [0.15, 0.2) is 42.5 Å². The van der Waals surface area contributed by atoms with Gasteiger partial charge in [0.25, 0.3) is 0 Å². The van der Waals surface area contributed by atoms with Crippen LogP contribution in [0.25, 0.3) is 11.1 Å². The molecule has 0 radical (unpaired) electrons. The number of rotatable bonds is 3. The van der Waals surface area contributed by atoms with E-state index in [-0.39, 0.29) is 6.42 Å². The standard InChI is InChI=1S/C14H10ClFO2/c15-11-3-1-2-9(6-11)13-8-12(16)5-4-10(13)7-14(17)18/h1-6,8H,7H2,(H,17,18). The van der Waals surface area contributed by atoms with E-state index in [1.54, 1.807) is 24.3 Å². The lowest BCUT2D eigenvalue weighted by molar-refractivity contribution is -0.136. The summed E-state index contributed by atoms with van der Waals surface area (Å²) in [5, 5.41) is 9.37. The second-order valence-corrected chi connectivity index (χ2v) is 4.32. The van der Waals surface area contributed by atoms with Crippen LogP contribution in [0.2, 0.25) is 5.02 Å². The number of carboxylic acids is 1. The van der Waals surface area contributed by atoms with Crippen LogP contribution in [0.5, 0.6) is 0 Å². The quantitative estimate of drug-likeness (QED) is 0.916. The molecule has 0 bridgehead atoms. The predicted octanol–water partition coefficient (Wildman–Crippen LogP) is 3.77. The number of hydrogen-bond donors (Lipinski definition) is 1. The van der Waals surface area contributed by atoms with Crippen LogP contribution in [-0.2, 0) is 11.2 Å². The molecule has 2 aromatic carbocycles. The molecule has 0 atom stereocenters. The molecule has 0 amide bonds. The Labute approximate surface area is 109 Å². The van der Waals surface area contributed by atoms with Crippen molar-refractivity contribution in [3.05, 3.63) is 58.9 Å². The fraction of sp³-hybridized carbons (Fsp3) is 0.0714. The summed E-state index contributed by atoms with van der Waals surface area (Å²) in [6.45, 7) is 0. The molecule has 92 valence electrons. The highest BCUT2D eigenvalue weighted by atomic mass is 35.5. The van der Waals surface area contributed by atoms with Crippen molar-refractivity contribution in [3.63, 3.8) is 0 Å². The van der Waals surface area contributed by atoms with Crippen LogP contribution in [0.1, 0.15) is 5.56 Å². The summed E-state index contributed by atoms with van der Waals surface area (Å²) in [5.41, 5.74) is 1.82. The molecule has 1 N–H and O–H groups in total. The van der Waals surface area contributed by atoms with Gasteiger partial charge in [-0.3, -0.25) is 4.79 Å². The number of benzene rings is 2. The molecule has 2 aromatic rings. The summed E-state index contributed by atoms with van der Waals surface area (Å²) < 4.78 is 13.3. The largest absolute Gasteiger partial charge is 0.481 e. The first-order valence-corrected chi connectivity index (χ1v) is 5.70. The van der Waals surface area contributed by atoms with Gasteiger partial charge in [-0.05, 0) is 41.0 Å². The van der Waals surface area contributed by atoms with Crippen molar-refractivity contribution in [1.29, 1.82) is 0 Å². The minimum absolute atomic E-state index is 0.151. The molecule has 4 heteroatoms. The molecule has 0 unspecified atom stereocenters. The zero-order chi connectivity index (χ0) is 13.1. The van der Waals surface area contributed by atoms with Crippen LogP contribution in [0, 0.1) is 5.82 Å². The van der Waals surface area contributed by atoms with Crippen LogP contribution in [0.3, 0.4) is 0 Å². The summed E-state index contributed by atoms with van der Waals surface area (Å²) in [6.07, 6.45) is -0.151. The van der Waals surface area contributed by atoms with Crippen LogP contribution in [0.4, 0.5) is 4.39 Å². The average molecular weight is 265 g/mol. The highest BCUT2D eigenvalue weighted by Gasteiger charge is 2.10. The first kappa shape index (κ1) is 12.6. The molecular weight excluding hydrogens is 255 g/mol. The van der Waals surface area contributed by atoms with Gasteiger partial charge in [-0.2, -0.15) is 0 Å². The van der Waals surface area contributed by atoms with Crippen molar-refractivity contribution < 1.29 is 14.3 Å². The number of carbonyl (C=O) groups is 1. The minimum Gasteiger partial charge on any atom is -0.481 e. The van der Waals surface area contributed by atoms with Crippen LogP contribution >= 0.6 is 11.6 Å². The maximum atomic E-state index is 13.3. The Hall–Kier alpha value is -1.87. The second-order valence-electron chi connectivity index (χ2n) is 3.88. The summed E-state index contributed by atoms with van der Waals surface area (Å²) in [5.74, 6) is -1.36. The Balaban J connectivity index is 2.54. The van der Waals surface area contributed by atoms with E-state index in [9.17, 15) is 9.18 Å². The fourth-order valence-corrected chi connectivity index (χ4v) is 1.98. The molecular formula is C14H10ClFO2. The van der Waals surface area contributed by atoms with E-state index < -0.39 is 11.8 Å². The van der Waals surface area contributed by atoms with E-state index in [4.69, 9.17) is 16.7 Å². The first-order chi connectivity index (χ1) is 8.56. The third-order valence-electron chi connectivity index (χ3n) is 2.55. The molecule has 0 fully saturated rings. The normalized spacial score (nSPS) is 10.3. The smallest absolute Gasteiger partial charge is 0.307 e. The highest BCUT2D eigenvalue weighted by Crippen LogP contribution is 2.27. The number of carboxylic acid groups (broad SMARTS) is 1. The molecule has 2 rings (SSSR count). The molecule has 0 saturated carbocycles. The SMILES string of the molecule is O=C(O)Cc1ccc(F)cc1-c1cccc(Cl)c1. The van der Waals surface area contributed by atoms with E-state index in [0.717, 1.165) is 0 Å². The van der Waals surface area contributed by atoms with E-state index in [2.05, 4.69) is 0 Å². The van der Waals surface area contributed by atoms with Crippen LogP contribution in [-0.4, -0.2) is 11.1 Å². The zero-order valence-electron chi connectivity index (χ0n) is 9.36. The lowest BCUT2D eigenvalue weighted by atomic mass is 9.97. The van der Waals surface area contributed by atoms with Gasteiger partial charge in [0.2, 0.25) is 0 Å². The van der Waals surface area contributed by atoms with Gasteiger partial charge in [-0.25, -0.2) is 4.39 Å². The van der Waals surface area contributed by atoms with Gasteiger partial charge >= 0.3 is 5.97 Å². The summed E-state index contributed by atoms with van der Waals surface area (Å²) in [7, 11) is 0. The Morgan fingerprint density at radius 3 is 2.67 bits per heavy atom. The van der Waals surface area contributed by atoms with E-state index >= 15 is 0 Å². The molecule has 0 aliphatic rings. The Bertz CT molecular complexity index is 596. The number of halogens is 2. The molecule has 2 nitrogen and oxygen atoms in total. The molecule has 18 heavy (non-hydrogen) atoms. The van der Waals surface area contributed by atoms with E-state index in [1.165, 1.54) is 18.2 Å². The summed E-state index contributed by atoms with van der Waals surface area (Å²) >= 11 is 5.88. The molecule has 0 aromatic heterocycles. The molecule has 0 spiro atoms. The molecule has 0 aliphatic heterocycles. The van der Waals surface area contributed by atoms with Crippen molar-refractivity contribution >= 4 is 17.6 Å². The highest BCUT2D eigenvalue weighted by molar-refractivity contribution is 6.30. The predicted molar refractivity (Wildman–Crippen MR) is 68.2 cm³/mol. The summed E-state index contributed by atoms with van der Waals surface area (Å²) in [4.78, 5) is 10.8. The van der Waals surface area contributed by atoms with Gasteiger partial charge in [0, 0.05) is 5.02 Å².